The number of carbonyl (C=O) groups excluding carboxylic acids is 2. The van der Waals surface area contributed by atoms with Crippen LogP contribution in [-0.2, 0) is 18.8 Å². The Kier molecular flexibility index (Phi) is 7.32. The molecule has 0 heterocycles. The standard InChI is InChI=1S/C27H30O5Si/c1-26(2,3)33(4,5)32-27-18-12-7-6-11-17-23(22(25(27)29)16-13-19-27)31-24(28)20-30-21-14-9-8-10-15-21/h6-10,14-16,23H,13,19-20H2,1-5H3/b7-6-/t23-,27+/m1/s1. The van der Waals surface area contributed by atoms with Crippen LogP contribution in [0.25, 0.3) is 0 Å². The van der Waals surface area contributed by atoms with E-state index in [9.17, 15) is 9.59 Å². The molecule has 0 aliphatic heterocycles. The van der Waals surface area contributed by atoms with Gasteiger partial charge in [-0.2, -0.15) is 0 Å². The predicted molar refractivity (Wildman–Crippen MR) is 130 cm³/mol. The number of para-hydroxylation sites is 1. The lowest BCUT2D eigenvalue weighted by molar-refractivity contribution is -0.148. The van der Waals surface area contributed by atoms with Gasteiger partial charge in [-0.15, -0.1) is 0 Å². The molecule has 0 saturated heterocycles. The van der Waals surface area contributed by atoms with E-state index in [1.165, 1.54) is 0 Å². The summed E-state index contributed by atoms with van der Waals surface area (Å²) >= 11 is 0. The van der Waals surface area contributed by atoms with Crippen molar-refractivity contribution in [2.45, 2.75) is 63.5 Å². The number of Topliss-reactive ketones (excluding diaryl/α,β-unsaturated/α-hetero) is 1. The molecule has 0 saturated carbocycles. The lowest BCUT2D eigenvalue weighted by Crippen LogP contribution is -2.55. The zero-order chi connectivity index (χ0) is 24.1. The van der Waals surface area contributed by atoms with Gasteiger partial charge in [0.2, 0.25) is 5.78 Å². The molecule has 0 amide bonds. The minimum atomic E-state index is -2.33. The summed E-state index contributed by atoms with van der Waals surface area (Å²) in [6.07, 6.45) is 4.97. The molecular weight excluding hydrogens is 432 g/mol. The van der Waals surface area contributed by atoms with Gasteiger partial charge in [0.15, 0.2) is 26.6 Å². The van der Waals surface area contributed by atoms with Crippen LogP contribution in [-0.4, -0.2) is 38.4 Å². The highest BCUT2D eigenvalue weighted by atomic mass is 28.4. The molecule has 1 aromatic rings. The molecule has 172 valence electrons. The van der Waals surface area contributed by atoms with E-state index >= 15 is 0 Å². The Morgan fingerprint density at radius 2 is 1.85 bits per heavy atom. The summed E-state index contributed by atoms with van der Waals surface area (Å²) in [5, 5.41) is -0.101. The van der Waals surface area contributed by atoms with E-state index in [0.29, 0.717) is 24.2 Å². The fourth-order valence-corrected chi connectivity index (χ4v) is 4.71. The first-order valence-electron chi connectivity index (χ1n) is 11.1. The number of esters is 1. The first-order valence-corrected chi connectivity index (χ1v) is 14.0. The van der Waals surface area contributed by atoms with Crippen LogP contribution in [0.2, 0.25) is 18.1 Å². The monoisotopic (exact) mass is 462 g/mol. The van der Waals surface area contributed by atoms with Crippen molar-refractivity contribution in [3.63, 3.8) is 0 Å². The predicted octanol–water partition coefficient (Wildman–Crippen LogP) is 4.60. The molecule has 0 N–H and O–H groups in total. The fraction of sp³-hybridized carbons (Fsp3) is 0.407. The van der Waals surface area contributed by atoms with E-state index in [4.69, 9.17) is 13.9 Å². The number of hydrogen-bond acceptors (Lipinski definition) is 5. The summed E-state index contributed by atoms with van der Waals surface area (Å²) < 4.78 is 17.7. The molecule has 0 fully saturated rings. The third-order valence-electron chi connectivity index (χ3n) is 6.10. The van der Waals surface area contributed by atoms with Crippen molar-refractivity contribution in [1.29, 1.82) is 0 Å². The summed E-state index contributed by atoms with van der Waals surface area (Å²) in [6, 6.07) is 8.98. The van der Waals surface area contributed by atoms with Gasteiger partial charge in [-0.25, -0.2) is 4.79 Å². The maximum atomic E-state index is 13.8. The fourth-order valence-electron chi connectivity index (χ4n) is 3.29. The summed E-state index contributed by atoms with van der Waals surface area (Å²) in [5.74, 6) is 11.4. The Hall–Kier alpha value is -3.06. The zero-order valence-corrected chi connectivity index (χ0v) is 20.9. The van der Waals surface area contributed by atoms with Gasteiger partial charge in [-0.3, -0.25) is 4.79 Å². The van der Waals surface area contributed by atoms with Crippen LogP contribution < -0.4 is 4.74 Å². The molecule has 0 aromatic heterocycles. The van der Waals surface area contributed by atoms with Crippen LogP contribution in [0.1, 0.15) is 33.6 Å². The summed E-state index contributed by atoms with van der Waals surface area (Å²) in [6.45, 7) is 10.3. The minimum absolute atomic E-state index is 0.101. The molecule has 2 aliphatic carbocycles. The van der Waals surface area contributed by atoms with Gasteiger partial charge in [0.1, 0.15) is 5.75 Å². The van der Waals surface area contributed by atoms with Gasteiger partial charge in [0, 0.05) is 5.57 Å². The zero-order valence-electron chi connectivity index (χ0n) is 19.9. The number of fused-ring (bicyclic) bond motifs is 2. The molecule has 2 bridgehead atoms. The Labute approximate surface area is 197 Å². The van der Waals surface area contributed by atoms with Gasteiger partial charge >= 0.3 is 5.97 Å². The lowest BCUT2D eigenvalue weighted by atomic mass is 9.81. The number of hydrogen-bond donors (Lipinski definition) is 0. The molecule has 2 atom stereocenters. The SMILES string of the molecule is CC(C)(C)[Si](C)(C)O[C@@]12C#C/C=C\C#C[C@@H](OC(=O)COc3ccccc3)C(=CCC1)C2=O. The van der Waals surface area contributed by atoms with Crippen molar-refractivity contribution in [2.75, 3.05) is 6.61 Å². The van der Waals surface area contributed by atoms with Crippen molar-refractivity contribution < 1.29 is 23.5 Å². The molecule has 6 heteroatoms. The van der Waals surface area contributed by atoms with Crippen molar-refractivity contribution in [3.05, 3.63) is 54.1 Å². The molecule has 1 aromatic carbocycles. The van der Waals surface area contributed by atoms with Crippen molar-refractivity contribution in [2.24, 2.45) is 0 Å². The molecule has 33 heavy (non-hydrogen) atoms. The number of allylic oxidation sites excluding steroid dienone is 3. The van der Waals surface area contributed by atoms with E-state index < -0.39 is 26.0 Å². The Morgan fingerprint density at radius 3 is 2.55 bits per heavy atom. The second-order valence-corrected chi connectivity index (χ2v) is 14.3. The normalized spacial score (nSPS) is 23.1. The number of ether oxygens (including phenoxy) is 2. The molecule has 0 radical (unpaired) electrons. The van der Waals surface area contributed by atoms with Gasteiger partial charge in [-0.05, 0) is 61.2 Å². The van der Waals surface area contributed by atoms with Crippen molar-refractivity contribution in [1.82, 2.24) is 0 Å². The Bertz CT molecular complexity index is 1090. The number of carbonyl (C=O) groups is 2. The summed E-state index contributed by atoms with van der Waals surface area (Å²) in [4.78, 5) is 26.3. The van der Waals surface area contributed by atoms with E-state index in [0.717, 1.165) is 0 Å². The van der Waals surface area contributed by atoms with Gasteiger partial charge in [0.25, 0.3) is 0 Å². The van der Waals surface area contributed by atoms with E-state index in [1.807, 2.05) is 18.2 Å². The molecule has 2 aliphatic rings. The molecule has 0 unspecified atom stereocenters. The van der Waals surface area contributed by atoms with Crippen LogP contribution in [0.15, 0.2) is 54.1 Å². The highest BCUT2D eigenvalue weighted by Gasteiger charge is 2.50. The van der Waals surface area contributed by atoms with Gasteiger partial charge in [-0.1, -0.05) is 62.8 Å². The van der Waals surface area contributed by atoms with E-state index in [-0.39, 0.29) is 17.4 Å². The van der Waals surface area contributed by atoms with Crippen LogP contribution >= 0.6 is 0 Å². The maximum absolute atomic E-state index is 13.8. The highest BCUT2D eigenvalue weighted by Crippen LogP contribution is 2.42. The first kappa shape index (κ1) is 24.6. The van der Waals surface area contributed by atoms with Crippen LogP contribution in [0.4, 0.5) is 0 Å². The quantitative estimate of drug-likeness (QED) is 0.351. The maximum Gasteiger partial charge on any atom is 0.345 e. The Morgan fingerprint density at radius 1 is 1.15 bits per heavy atom. The number of ketones is 1. The van der Waals surface area contributed by atoms with Gasteiger partial charge in [0.05, 0.1) is 0 Å². The lowest BCUT2D eigenvalue weighted by Gasteiger charge is -2.44. The van der Waals surface area contributed by atoms with Crippen LogP contribution in [0.5, 0.6) is 5.75 Å². The van der Waals surface area contributed by atoms with Crippen LogP contribution in [0.3, 0.4) is 0 Å². The van der Waals surface area contributed by atoms with Crippen molar-refractivity contribution >= 4 is 20.1 Å². The topological polar surface area (TPSA) is 61.8 Å². The molecule has 0 spiro atoms. The second kappa shape index (κ2) is 9.83. The van der Waals surface area contributed by atoms with Crippen LogP contribution in [0, 0.1) is 23.7 Å². The Balaban J connectivity index is 1.85. The summed E-state index contributed by atoms with van der Waals surface area (Å²) in [7, 11) is -2.33. The van der Waals surface area contributed by atoms with Crippen molar-refractivity contribution in [3.8, 4) is 29.4 Å². The first-order chi connectivity index (χ1) is 15.5. The number of rotatable bonds is 6. The third-order valence-corrected chi connectivity index (χ3v) is 10.6. The van der Waals surface area contributed by atoms with E-state index in [2.05, 4.69) is 57.5 Å². The highest BCUT2D eigenvalue weighted by molar-refractivity contribution is 6.74. The van der Waals surface area contributed by atoms with E-state index in [1.54, 1.807) is 30.4 Å². The number of benzene rings is 1. The average Bonchev–Trinajstić information content (AvgIpc) is 2.75. The smallest absolute Gasteiger partial charge is 0.345 e. The second-order valence-electron chi connectivity index (χ2n) is 9.58. The largest absolute Gasteiger partial charge is 0.482 e. The summed E-state index contributed by atoms with van der Waals surface area (Å²) in [5.41, 5.74) is -0.966. The molecule has 3 rings (SSSR count). The molecular formula is C27H30O5Si. The molecule has 5 nitrogen and oxygen atoms in total. The van der Waals surface area contributed by atoms with Gasteiger partial charge < -0.3 is 13.9 Å². The average molecular weight is 463 g/mol. The third kappa shape index (κ3) is 5.84. The minimum Gasteiger partial charge on any atom is -0.482 e.